The largest absolute Gasteiger partial charge is 0.341 e. The first-order chi connectivity index (χ1) is 9.27. The zero-order valence-corrected chi connectivity index (χ0v) is 11.8. The molecule has 3 heteroatoms. The van der Waals surface area contributed by atoms with Gasteiger partial charge in [0, 0.05) is 13.1 Å². The van der Waals surface area contributed by atoms with Gasteiger partial charge >= 0.3 is 0 Å². The molecular weight excluding hydrogens is 236 g/mol. The molecule has 1 heterocycles. The Kier molecular flexibility index (Phi) is 5.40. The van der Waals surface area contributed by atoms with Crippen LogP contribution in [0.2, 0.25) is 0 Å². The number of rotatable bonds is 6. The highest BCUT2D eigenvalue weighted by Gasteiger charge is 2.22. The average molecular weight is 260 g/mol. The van der Waals surface area contributed by atoms with Gasteiger partial charge in [-0.2, -0.15) is 0 Å². The first-order valence-electron chi connectivity index (χ1n) is 7.33. The lowest BCUT2D eigenvalue weighted by molar-refractivity contribution is -0.131. The number of hydrogen-bond acceptors (Lipinski definition) is 2. The molecule has 0 saturated carbocycles. The first-order valence-corrected chi connectivity index (χ1v) is 7.33. The minimum absolute atomic E-state index is 0.0473. The van der Waals surface area contributed by atoms with Crippen molar-refractivity contribution >= 4 is 5.91 Å². The van der Waals surface area contributed by atoms with Gasteiger partial charge < -0.3 is 10.2 Å². The van der Waals surface area contributed by atoms with Crippen LogP contribution >= 0.6 is 0 Å². The molecule has 0 aromatic heterocycles. The predicted molar refractivity (Wildman–Crippen MR) is 78.0 cm³/mol. The molecule has 1 unspecified atom stereocenters. The van der Waals surface area contributed by atoms with Crippen LogP contribution in [0.25, 0.3) is 0 Å². The van der Waals surface area contributed by atoms with Crippen molar-refractivity contribution in [3.05, 3.63) is 35.9 Å². The molecule has 0 bridgehead atoms. The number of benzene rings is 1. The number of nitrogens with one attached hydrogen (secondary N) is 1. The summed E-state index contributed by atoms with van der Waals surface area (Å²) >= 11 is 0. The summed E-state index contributed by atoms with van der Waals surface area (Å²) in [5.41, 5.74) is 1.36. The Morgan fingerprint density at radius 1 is 1.26 bits per heavy atom. The summed E-state index contributed by atoms with van der Waals surface area (Å²) < 4.78 is 0. The van der Waals surface area contributed by atoms with Crippen molar-refractivity contribution in [3.8, 4) is 0 Å². The Morgan fingerprint density at radius 2 is 1.95 bits per heavy atom. The van der Waals surface area contributed by atoms with Crippen molar-refractivity contribution < 1.29 is 4.79 Å². The number of nitrogens with zero attached hydrogens (tertiary/aromatic N) is 1. The van der Waals surface area contributed by atoms with E-state index in [2.05, 4.69) is 29.6 Å². The van der Waals surface area contributed by atoms with Crippen LogP contribution in [0.1, 0.15) is 31.7 Å². The lowest BCUT2D eigenvalue weighted by Crippen LogP contribution is -2.43. The molecule has 0 aliphatic carbocycles. The highest BCUT2D eigenvalue weighted by molar-refractivity contribution is 5.81. The third-order valence-electron chi connectivity index (χ3n) is 3.72. The summed E-state index contributed by atoms with van der Waals surface area (Å²) in [6.07, 6.45) is 4.46. The molecule has 0 radical (unpaired) electrons. The van der Waals surface area contributed by atoms with E-state index < -0.39 is 0 Å². The molecule has 104 valence electrons. The van der Waals surface area contributed by atoms with Crippen LogP contribution in [0.5, 0.6) is 0 Å². The number of hydrogen-bond donors (Lipinski definition) is 1. The zero-order valence-electron chi connectivity index (χ0n) is 11.8. The molecule has 1 amide bonds. The Balaban J connectivity index is 1.63. The summed E-state index contributed by atoms with van der Waals surface area (Å²) in [4.78, 5) is 14.1. The highest BCUT2D eigenvalue weighted by Crippen LogP contribution is 2.09. The second kappa shape index (κ2) is 7.29. The van der Waals surface area contributed by atoms with Crippen LogP contribution < -0.4 is 5.32 Å². The van der Waals surface area contributed by atoms with Gasteiger partial charge in [-0.25, -0.2) is 0 Å². The third-order valence-corrected chi connectivity index (χ3v) is 3.72. The maximum atomic E-state index is 12.1. The molecule has 1 aliphatic rings. The Hall–Kier alpha value is -1.35. The molecule has 1 aromatic carbocycles. The number of aryl methyl sites for hydroxylation is 1. The quantitative estimate of drug-likeness (QED) is 0.795. The molecule has 1 aromatic rings. The number of carbonyl (C=O) groups is 1. The van der Waals surface area contributed by atoms with E-state index in [1.54, 1.807) is 0 Å². The second-order valence-corrected chi connectivity index (χ2v) is 5.30. The fourth-order valence-corrected chi connectivity index (χ4v) is 2.55. The van der Waals surface area contributed by atoms with Gasteiger partial charge in [0.05, 0.1) is 6.04 Å². The van der Waals surface area contributed by atoms with E-state index in [1.165, 1.54) is 5.56 Å². The monoisotopic (exact) mass is 260 g/mol. The minimum atomic E-state index is -0.0473. The number of likely N-dealkylation sites (tertiary alicyclic amines) is 1. The third kappa shape index (κ3) is 4.35. The van der Waals surface area contributed by atoms with Crippen molar-refractivity contribution in [1.82, 2.24) is 10.2 Å². The van der Waals surface area contributed by atoms with Crippen LogP contribution in [0.3, 0.4) is 0 Å². The zero-order chi connectivity index (χ0) is 13.5. The predicted octanol–water partition coefficient (Wildman–Crippen LogP) is 2.22. The van der Waals surface area contributed by atoms with E-state index in [-0.39, 0.29) is 11.9 Å². The fourth-order valence-electron chi connectivity index (χ4n) is 2.55. The minimum Gasteiger partial charge on any atom is -0.341 e. The summed E-state index contributed by atoms with van der Waals surface area (Å²) in [6.45, 7) is 4.75. The molecule has 19 heavy (non-hydrogen) atoms. The van der Waals surface area contributed by atoms with Gasteiger partial charge in [-0.1, -0.05) is 30.3 Å². The molecule has 1 atom stereocenters. The lowest BCUT2D eigenvalue weighted by atomic mass is 10.1. The molecule has 1 N–H and O–H groups in total. The smallest absolute Gasteiger partial charge is 0.239 e. The maximum Gasteiger partial charge on any atom is 0.239 e. The number of carbonyl (C=O) groups excluding carboxylic acids is 1. The molecule has 1 aliphatic heterocycles. The van der Waals surface area contributed by atoms with Gasteiger partial charge in [0.2, 0.25) is 5.91 Å². The molecule has 1 saturated heterocycles. The van der Waals surface area contributed by atoms with Crippen LogP contribution in [-0.4, -0.2) is 36.5 Å². The summed E-state index contributed by atoms with van der Waals surface area (Å²) in [5, 5.41) is 3.34. The highest BCUT2D eigenvalue weighted by atomic mass is 16.2. The SMILES string of the molecule is CC(NCCCc1ccccc1)C(=O)N1CCCC1. The van der Waals surface area contributed by atoms with Gasteiger partial charge in [-0.05, 0) is 44.7 Å². The van der Waals surface area contributed by atoms with Crippen LogP contribution in [0, 0.1) is 0 Å². The molecular formula is C16H24N2O. The fraction of sp³-hybridized carbons (Fsp3) is 0.562. The average Bonchev–Trinajstić information content (AvgIpc) is 2.98. The van der Waals surface area contributed by atoms with Gasteiger partial charge in [0.15, 0.2) is 0 Å². The van der Waals surface area contributed by atoms with Gasteiger partial charge in [-0.3, -0.25) is 4.79 Å². The molecule has 0 spiro atoms. The first kappa shape index (κ1) is 14.1. The Labute approximate surface area is 116 Å². The van der Waals surface area contributed by atoms with E-state index in [1.807, 2.05) is 17.9 Å². The van der Waals surface area contributed by atoms with Crippen molar-refractivity contribution in [1.29, 1.82) is 0 Å². The van der Waals surface area contributed by atoms with Crippen LogP contribution in [0.4, 0.5) is 0 Å². The summed E-state index contributed by atoms with van der Waals surface area (Å²) in [5.74, 6) is 0.261. The normalized spacial score (nSPS) is 16.6. The van der Waals surface area contributed by atoms with Gasteiger partial charge in [-0.15, -0.1) is 0 Å². The topological polar surface area (TPSA) is 32.3 Å². The van der Waals surface area contributed by atoms with E-state index in [4.69, 9.17) is 0 Å². The lowest BCUT2D eigenvalue weighted by Gasteiger charge is -2.21. The van der Waals surface area contributed by atoms with Crippen LogP contribution in [-0.2, 0) is 11.2 Å². The van der Waals surface area contributed by atoms with E-state index >= 15 is 0 Å². The molecule has 2 rings (SSSR count). The van der Waals surface area contributed by atoms with Crippen molar-refractivity contribution in [2.45, 2.75) is 38.6 Å². The molecule has 1 fully saturated rings. The van der Waals surface area contributed by atoms with Crippen LogP contribution in [0.15, 0.2) is 30.3 Å². The van der Waals surface area contributed by atoms with E-state index in [0.717, 1.165) is 45.3 Å². The van der Waals surface area contributed by atoms with Crippen molar-refractivity contribution in [2.24, 2.45) is 0 Å². The van der Waals surface area contributed by atoms with Gasteiger partial charge in [0.25, 0.3) is 0 Å². The number of amides is 1. The standard InChI is InChI=1S/C16H24N2O/c1-14(16(19)18-12-5-6-13-18)17-11-7-10-15-8-3-2-4-9-15/h2-4,8-9,14,17H,5-7,10-13H2,1H3. The van der Waals surface area contributed by atoms with Gasteiger partial charge in [0.1, 0.15) is 0 Å². The van der Waals surface area contributed by atoms with Crippen molar-refractivity contribution in [2.75, 3.05) is 19.6 Å². The maximum absolute atomic E-state index is 12.1. The Bertz CT molecular complexity index is 385. The second-order valence-electron chi connectivity index (χ2n) is 5.30. The summed E-state index contributed by atoms with van der Waals surface area (Å²) in [6, 6.07) is 10.4. The van der Waals surface area contributed by atoms with Crippen molar-refractivity contribution in [3.63, 3.8) is 0 Å². The Morgan fingerprint density at radius 3 is 2.63 bits per heavy atom. The van der Waals surface area contributed by atoms with E-state index in [9.17, 15) is 4.79 Å². The van der Waals surface area contributed by atoms with E-state index in [0.29, 0.717) is 0 Å². The summed E-state index contributed by atoms with van der Waals surface area (Å²) in [7, 11) is 0. The molecule has 3 nitrogen and oxygen atoms in total.